The number of nitrogens with one attached hydrogen (secondary N) is 1. The van der Waals surface area contributed by atoms with Crippen molar-refractivity contribution < 1.29 is 4.79 Å². The molecule has 0 aromatic carbocycles. The first-order valence-electron chi connectivity index (χ1n) is 7.17. The van der Waals surface area contributed by atoms with Crippen LogP contribution < -0.4 is 11.1 Å². The third-order valence-electron chi connectivity index (χ3n) is 3.85. The van der Waals surface area contributed by atoms with Gasteiger partial charge in [0.25, 0.3) is 0 Å². The van der Waals surface area contributed by atoms with Crippen molar-refractivity contribution in [3.05, 3.63) is 0 Å². The average Bonchev–Trinajstić information content (AvgIpc) is 2.35. The number of hydrogen-bond donors (Lipinski definition) is 2. The lowest BCUT2D eigenvalue weighted by atomic mass is 9.88. The van der Waals surface area contributed by atoms with Crippen molar-refractivity contribution in [2.24, 2.45) is 17.1 Å². The van der Waals surface area contributed by atoms with Crippen LogP contribution in [0.4, 0.5) is 4.79 Å². The van der Waals surface area contributed by atoms with Crippen molar-refractivity contribution >= 4 is 6.03 Å². The standard InChI is InChI=1S/C14H29N3O/c1-12-5-9-17(10-6-12)13(18)16-11-14(2,3)7-4-8-15/h12H,4-11,15H2,1-3H3,(H,16,18). The first-order chi connectivity index (χ1) is 8.44. The van der Waals surface area contributed by atoms with Crippen LogP contribution in [0.2, 0.25) is 0 Å². The third kappa shape index (κ3) is 5.25. The number of hydrogen-bond acceptors (Lipinski definition) is 2. The van der Waals surface area contributed by atoms with Gasteiger partial charge in [-0.25, -0.2) is 4.79 Å². The first kappa shape index (κ1) is 15.3. The van der Waals surface area contributed by atoms with Crippen molar-refractivity contribution in [3.8, 4) is 0 Å². The van der Waals surface area contributed by atoms with Crippen LogP contribution in [0.15, 0.2) is 0 Å². The Labute approximate surface area is 111 Å². The Balaban J connectivity index is 2.27. The molecule has 2 amide bonds. The monoisotopic (exact) mass is 255 g/mol. The van der Waals surface area contributed by atoms with Gasteiger partial charge in [-0.1, -0.05) is 20.8 Å². The van der Waals surface area contributed by atoms with Gasteiger partial charge >= 0.3 is 6.03 Å². The predicted octanol–water partition coefficient (Wildman–Crippen LogP) is 2.19. The highest BCUT2D eigenvalue weighted by atomic mass is 16.2. The summed E-state index contributed by atoms with van der Waals surface area (Å²) in [4.78, 5) is 14.0. The number of carbonyl (C=O) groups is 1. The summed E-state index contributed by atoms with van der Waals surface area (Å²) in [6, 6.07) is 0.0997. The Morgan fingerprint density at radius 2 is 2.00 bits per heavy atom. The van der Waals surface area contributed by atoms with E-state index in [0.29, 0.717) is 0 Å². The van der Waals surface area contributed by atoms with E-state index in [1.807, 2.05) is 4.90 Å². The molecular formula is C14H29N3O. The van der Waals surface area contributed by atoms with Gasteiger partial charge in [-0.15, -0.1) is 0 Å². The zero-order chi connectivity index (χ0) is 13.6. The van der Waals surface area contributed by atoms with E-state index in [-0.39, 0.29) is 11.4 Å². The van der Waals surface area contributed by atoms with Gasteiger partial charge in [-0.3, -0.25) is 0 Å². The molecule has 1 aliphatic heterocycles. The summed E-state index contributed by atoms with van der Waals surface area (Å²) < 4.78 is 0. The SMILES string of the molecule is CC1CCN(C(=O)NCC(C)(C)CCCN)CC1. The van der Waals surface area contributed by atoms with Crippen molar-refractivity contribution in [2.75, 3.05) is 26.2 Å². The van der Waals surface area contributed by atoms with Crippen LogP contribution in [0.1, 0.15) is 46.5 Å². The molecule has 0 unspecified atom stereocenters. The van der Waals surface area contributed by atoms with Gasteiger partial charge in [0.2, 0.25) is 0 Å². The van der Waals surface area contributed by atoms with Crippen LogP contribution >= 0.6 is 0 Å². The molecular weight excluding hydrogens is 226 g/mol. The van der Waals surface area contributed by atoms with E-state index in [9.17, 15) is 4.79 Å². The van der Waals surface area contributed by atoms with Crippen molar-refractivity contribution in [1.29, 1.82) is 0 Å². The normalized spacial score (nSPS) is 17.9. The van der Waals surface area contributed by atoms with Crippen molar-refractivity contribution in [3.63, 3.8) is 0 Å². The highest BCUT2D eigenvalue weighted by Crippen LogP contribution is 2.21. The van der Waals surface area contributed by atoms with Crippen LogP contribution in [-0.4, -0.2) is 37.1 Å². The molecule has 4 heteroatoms. The molecule has 0 aromatic heterocycles. The molecule has 0 radical (unpaired) electrons. The summed E-state index contributed by atoms with van der Waals surface area (Å²) in [6.07, 6.45) is 4.33. The number of nitrogens with zero attached hydrogens (tertiary/aromatic N) is 1. The number of rotatable bonds is 5. The van der Waals surface area contributed by atoms with E-state index < -0.39 is 0 Å². The van der Waals surface area contributed by atoms with Crippen molar-refractivity contribution in [1.82, 2.24) is 10.2 Å². The minimum atomic E-state index is 0.0997. The summed E-state index contributed by atoms with van der Waals surface area (Å²) in [5, 5.41) is 3.06. The summed E-state index contributed by atoms with van der Waals surface area (Å²) in [6.45, 7) is 9.87. The van der Waals surface area contributed by atoms with Crippen LogP contribution in [0.3, 0.4) is 0 Å². The molecule has 3 N–H and O–H groups in total. The van der Waals surface area contributed by atoms with Gasteiger partial charge in [0.15, 0.2) is 0 Å². The zero-order valence-corrected chi connectivity index (χ0v) is 12.2. The second-order valence-electron chi connectivity index (χ2n) is 6.38. The zero-order valence-electron chi connectivity index (χ0n) is 12.2. The first-order valence-corrected chi connectivity index (χ1v) is 7.17. The van der Waals surface area contributed by atoms with E-state index in [4.69, 9.17) is 5.73 Å². The summed E-state index contributed by atoms with van der Waals surface area (Å²) in [5.41, 5.74) is 5.66. The molecule has 1 rings (SSSR count). The molecule has 1 aliphatic rings. The minimum absolute atomic E-state index is 0.0997. The second-order valence-corrected chi connectivity index (χ2v) is 6.38. The lowest BCUT2D eigenvalue weighted by molar-refractivity contribution is 0.168. The van der Waals surface area contributed by atoms with Gasteiger partial charge in [-0.2, -0.15) is 0 Å². The molecule has 1 fully saturated rings. The Kier molecular flexibility index (Phi) is 5.93. The lowest BCUT2D eigenvalue weighted by Gasteiger charge is -2.32. The topological polar surface area (TPSA) is 58.4 Å². The highest BCUT2D eigenvalue weighted by molar-refractivity contribution is 5.74. The molecule has 0 aliphatic carbocycles. The molecule has 0 bridgehead atoms. The van der Waals surface area contributed by atoms with E-state index >= 15 is 0 Å². The molecule has 106 valence electrons. The highest BCUT2D eigenvalue weighted by Gasteiger charge is 2.23. The maximum atomic E-state index is 12.0. The molecule has 1 heterocycles. The van der Waals surface area contributed by atoms with Crippen molar-refractivity contribution in [2.45, 2.75) is 46.5 Å². The average molecular weight is 255 g/mol. The number of piperidine rings is 1. The molecule has 0 aromatic rings. The summed E-state index contributed by atoms with van der Waals surface area (Å²) >= 11 is 0. The number of likely N-dealkylation sites (tertiary alicyclic amines) is 1. The van der Waals surface area contributed by atoms with E-state index in [0.717, 1.165) is 57.8 Å². The number of nitrogens with two attached hydrogens (primary N) is 1. The Hall–Kier alpha value is -0.770. The maximum Gasteiger partial charge on any atom is 0.317 e. The summed E-state index contributed by atoms with van der Waals surface area (Å²) in [7, 11) is 0. The fraction of sp³-hybridized carbons (Fsp3) is 0.929. The largest absolute Gasteiger partial charge is 0.337 e. The number of amides is 2. The van der Waals surface area contributed by atoms with Gasteiger partial charge in [-0.05, 0) is 43.6 Å². The number of carbonyl (C=O) groups excluding carboxylic acids is 1. The fourth-order valence-electron chi connectivity index (χ4n) is 2.31. The second kappa shape index (κ2) is 6.98. The third-order valence-corrected chi connectivity index (χ3v) is 3.85. The molecule has 4 nitrogen and oxygen atoms in total. The van der Waals surface area contributed by atoms with E-state index in [1.165, 1.54) is 0 Å². The van der Waals surface area contributed by atoms with Gasteiger partial charge in [0, 0.05) is 19.6 Å². The minimum Gasteiger partial charge on any atom is -0.337 e. The molecule has 0 atom stereocenters. The fourth-order valence-corrected chi connectivity index (χ4v) is 2.31. The van der Waals surface area contributed by atoms with E-state index in [2.05, 4.69) is 26.1 Å². The molecule has 0 spiro atoms. The smallest absolute Gasteiger partial charge is 0.317 e. The lowest BCUT2D eigenvalue weighted by Crippen LogP contribution is -2.46. The van der Waals surface area contributed by atoms with Crippen LogP contribution in [0.25, 0.3) is 0 Å². The van der Waals surface area contributed by atoms with Crippen LogP contribution in [-0.2, 0) is 0 Å². The Bertz CT molecular complexity index is 258. The maximum absolute atomic E-state index is 12.0. The number of urea groups is 1. The molecule has 18 heavy (non-hydrogen) atoms. The molecule has 0 saturated carbocycles. The van der Waals surface area contributed by atoms with Crippen LogP contribution in [0.5, 0.6) is 0 Å². The quantitative estimate of drug-likeness (QED) is 0.791. The molecule has 1 saturated heterocycles. The van der Waals surface area contributed by atoms with E-state index in [1.54, 1.807) is 0 Å². The van der Waals surface area contributed by atoms with Gasteiger partial charge in [0.1, 0.15) is 0 Å². The summed E-state index contributed by atoms with van der Waals surface area (Å²) in [5.74, 6) is 0.759. The predicted molar refractivity (Wildman–Crippen MR) is 75.4 cm³/mol. The Morgan fingerprint density at radius 1 is 1.39 bits per heavy atom. The van der Waals surface area contributed by atoms with Gasteiger partial charge in [0.05, 0.1) is 0 Å². The van der Waals surface area contributed by atoms with Crippen LogP contribution in [0, 0.1) is 11.3 Å². The Morgan fingerprint density at radius 3 is 2.56 bits per heavy atom. The van der Waals surface area contributed by atoms with Gasteiger partial charge < -0.3 is 16.0 Å².